The fraction of sp³-hybridized carbons (Fsp3) is 0.0370. The number of nitrogens with zero attached hydrogens (tertiary/aromatic N) is 2. The van der Waals surface area contributed by atoms with Gasteiger partial charge >= 0.3 is 0 Å². The van der Waals surface area contributed by atoms with E-state index in [1.165, 1.54) is 75.3 Å². The molecule has 0 aliphatic heterocycles. The van der Waals surface area contributed by atoms with E-state index in [1.54, 1.807) is 0 Å². The Kier molecular flexibility index (Phi) is 7.54. The van der Waals surface area contributed by atoms with Gasteiger partial charge in [0.2, 0.25) is 0 Å². The fourth-order valence-electron chi connectivity index (χ4n) is 9.22. The summed E-state index contributed by atoms with van der Waals surface area (Å²) in [4.78, 5) is 2.45. The molecule has 4 heteroatoms. The van der Waals surface area contributed by atoms with Crippen molar-refractivity contribution in [3.8, 4) is 16.8 Å². The molecule has 1 atom stereocenters. The summed E-state index contributed by atoms with van der Waals surface area (Å²) in [6.07, 6.45) is 5.38. The zero-order valence-corrected chi connectivity index (χ0v) is 32.4. The molecular weight excluding hydrogens is 725 g/mol. The third-order valence-electron chi connectivity index (χ3n) is 12.0. The molecule has 0 amide bonds. The van der Waals surface area contributed by atoms with Crippen LogP contribution >= 0.6 is 11.3 Å². The standard InChI is InChI=1S/C54H36N2OS/c1-2-13-39(14-3-1)56-48-20-7-4-16-42(48)43-30-26-38(34-50(43)56)36-12-10-15-41(32-36)55(49-21-11-19-46-45-18-6-9-23-53(45)58-54(46)49)40-28-24-35(25-29-40)37-27-31-52-47(33-37)44-17-5-8-22-51(44)57-52/h1-32,34,37H,33H2. The van der Waals surface area contributed by atoms with Crippen LogP contribution in [0.5, 0.6) is 0 Å². The Morgan fingerprint density at radius 3 is 2.16 bits per heavy atom. The minimum atomic E-state index is 0.270. The van der Waals surface area contributed by atoms with Crippen LogP contribution in [0.2, 0.25) is 0 Å². The Balaban J connectivity index is 0.987. The van der Waals surface area contributed by atoms with E-state index in [1.807, 2.05) is 17.4 Å². The molecule has 3 nitrogen and oxygen atoms in total. The molecule has 1 unspecified atom stereocenters. The van der Waals surface area contributed by atoms with Crippen LogP contribution in [0.15, 0.2) is 199 Å². The first kappa shape index (κ1) is 33.0. The summed E-state index contributed by atoms with van der Waals surface area (Å²) in [6, 6.07) is 68.5. The highest BCUT2D eigenvalue weighted by atomic mass is 32.1. The first-order valence-corrected chi connectivity index (χ1v) is 20.7. The third-order valence-corrected chi connectivity index (χ3v) is 13.2. The van der Waals surface area contributed by atoms with E-state index in [4.69, 9.17) is 4.42 Å². The lowest BCUT2D eigenvalue weighted by Gasteiger charge is -2.27. The number of furan rings is 1. The Hall–Kier alpha value is -7.14. The van der Waals surface area contributed by atoms with Gasteiger partial charge in [-0.25, -0.2) is 0 Å². The highest BCUT2D eigenvalue weighted by Gasteiger charge is 2.23. The van der Waals surface area contributed by atoms with Crippen LogP contribution in [0.3, 0.4) is 0 Å². The first-order chi connectivity index (χ1) is 28.7. The Morgan fingerprint density at radius 1 is 0.534 bits per heavy atom. The van der Waals surface area contributed by atoms with Crippen LogP contribution in [0.25, 0.3) is 75.8 Å². The normalized spacial score (nSPS) is 13.9. The zero-order chi connectivity index (χ0) is 38.2. The predicted molar refractivity (Wildman–Crippen MR) is 245 cm³/mol. The second kappa shape index (κ2) is 13.2. The topological polar surface area (TPSA) is 21.3 Å². The van der Waals surface area contributed by atoms with Crippen molar-refractivity contribution >= 4 is 87.4 Å². The molecule has 0 spiro atoms. The molecule has 0 N–H and O–H groups in total. The van der Waals surface area contributed by atoms with Crippen molar-refractivity contribution < 1.29 is 4.42 Å². The molecular formula is C54H36N2OS. The quantitative estimate of drug-likeness (QED) is 0.168. The van der Waals surface area contributed by atoms with E-state index in [2.05, 4.69) is 204 Å². The summed E-state index contributed by atoms with van der Waals surface area (Å²) in [7, 11) is 0. The SMILES string of the molecule is C1=CC(c2ccc(N(c3cccc(-c4ccc5c6ccccc6n(-c6ccccc6)c5c4)c3)c3cccc4c3sc3ccccc34)cc2)Cc2c1oc1ccccc21. The number of allylic oxidation sites excluding steroid dienone is 1. The van der Waals surface area contributed by atoms with Crippen molar-refractivity contribution in [3.05, 3.63) is 211 Å². The van der Waals surface area contributed by atoms with Crippen LogP contribution in [0.1, 0.15) is 22.8 Å². The smallest absolute Gasteiger partial charge is 0.135 e. The van der Waals surface area contributed by atoms with Crippen molar-refractivity contribution in [1.29, 1.82) is 0 Å². The average molecular weight is 761 g/mol. The molecule has 0 radical (unpaired) electrons. The number of rotatable bonds is 6. The molecule has 12 rings (SSSR count). The molecule has 3 heterocycles. The van der Waals surface area contributed by atoms with Crippen molar-refractivity contribution in [2.45, 2.75) is 12.3 Å². The zero-order valence-electron chi connectivity index (χ0n) is 31.5. The number of hydrogen-bond acceptors (Lipinski definition) is 3. The Labute approximate surface area is 340 Å². The number of para-hydroxylation sites is 3. The summed E-state index contributed by atoms with van der Waals surface area (Å²) < 4.78 is 11.2. The summed E-state index contributed by atoms with van der Waals surface area (Å²) in [6.45, 7) is 0. The van der Waals surface area contributed by atoms with E-state index in [0.717, 1.165) is 34.8 Å². The molecule has 11 aromatic rings. The van der Waals surface area contributed by atoms with E-state index < -0.39 is 0 Å². The van der Waals surface area contributed by atoms with Gasteiger partial charge in [-0.1, -0.05) is 127 Å². The fourth-order valence-corrected chi connectivity index (χ4v) is 10.4. The maximum Gasteiger partial charge on any atom is 0.135 e. The van der Waals surface area contributed by atoms with Gasteiger partial charge in [-0.15, -0.1) is 11.3 Å². The summed E-state index contributed by atoms with van der Waals surface area (Å²) in [5, 5.41) is 6.31. The van der Waals surface area contributed by atoms with Crippen molar-refractivity contribution in [2.24, 2.45) is 0 Å². The van der Waals surface area contributed by atoms with Gasteiger partial charge in [0.15, 0.2) is 0 Å². The van der Waals surface area contributed by atoms with Gasteiger partial charge in [0, 0.05) is 60.2 Å². The predicted octanol–water partition coefficient (Wildman–Crippen LogP) is 15.4. The number of anilines is 3. The average Bonchev–Trinajstić information content (AvgIpc) is 3.97. The highest BCUT2D eigenvalue weighted by molar-refractivity contribution is 7.26. The van der Waals surface area contributed by atoms with Gasteiger partial charge in [-0.2, -0.15) is 0 Å². The highest BCUT2D eigenvalue weighted by Crippen LogP contribution is 2.46. The number of hydrogen-bond donors (Lipinski definition) is 0. The molecule has 0 fully saturated rings. The number of benzene rings is 8. The number of thiophene rings is 1. The van der Waals surface area contributed by atoms with Crippen LogP contribution in [0.4, 0.5) is 17.1 Å². The molecule has 1 aliphatic rings. The lowest BCUT2D eigenvalue weighted by atomic mass is 9.87. The van der Waals surface area contributed by atoms with Crippen LogP contribution in [0, 0.1) is 0 Å². The summed E-state index contributed by atoms with van der Waals surface area (Å²) in [5.74, 6) is 1.25. The van der Waals surface area contributed by atoms with Gasteiger partial charge in [0.05, 0.1) is 21.4 Å². The van der Waals surface area contributed by atoms with E-state index >= 15 is 0 Å². The Bertz CT molecular complexity index is 3380. The molecule has 3 aromatic heterocycles. The molecule has 58 heavy (non-hydrogen) atoms. The maximum atomic E-state index is 6.19. The molecule has 1 aliphatic carbocycles. The van der Waals surface area contributed by atoms with Gasteiger partial charge in [-0.3, -0.25) is 0 Å². The van der Waals surface area contributed by atoms with Crippen molar-refractivity contribution in [1.82, 2.24) is 4.57 Å². The summed E-state index contributed by atoms with van der Waals surface area (Å²) >= 11 is 1.87. The largest absolute Gasteiger partial charge is 0.456 e. The van der Waals surface area contributed by atoms with E-state index in [0.29, 0.717) is 0 Å². The minimum absolute atomic E-state index is 0.270. The second-order valence-corrected chi connectivity index (χ2v) is 16.3. The molecule has 0 saturated carbocycles. The monoisotopic (exact) mass is 760 g/mol. The molecule has 274 valence electrons. The van der Waals surface area contributed by atoms with Crippen LogP contribution in [-0.4, -0.2) is 4.57 Å². The lowest BCUT2D eigenvalue weighted by Crippen LogP contribution is -2.11. The van der Waals surface area contributed by atoms with E-state index in [-0.39, 0.29) is 5.92 Å². The molecule has 0 bridgehead atoms. The third kappa shape index (κ3) is 5.26. The second-order valence-electron chi connectivity index (χ2n) is 15.3. The first-order valence-electron chi connectivity index (χ1n) is 19.9. The van der Waals surface area contributed by atoms with Crippen LogP contribution in [-0.2, 0) is 6.42 Å². The van der Waals surface area contributed by atoms with Crippen molar-refractivity contribution in [3.63, 3.8) is 0 Å². The van der Waals surface area contributed by atoms with E-state index in [9.17, 15) is 0 Å². The minimum Gasteiger partial charge on any atom is -0.456 e. The van der Waals surface area contributed by atoms with Crippen LogP contribution < -0.4 is 4.90 Å². The molecule has 0 saturated heterocycles. The number of aromatic nitrogens is 1. The van der Waals surface area contributed by atoms with Crippen molar-refractivity contribution in [2.75, 3.05) is 4.90 Å². The number of fused-ring (bicyclic) bond motifs is 9. The lowest BCUT2D eigenvalue weighted by molar-refractivity contribution is 0.591. The van der Waals surface area contributed by atoms with Gasteiger partial charge in [0.1, 0.15) is 11.3 Å². The maximum absolute atomic E-state index is 6.19. The van der Waals surface area contributed by atoms with Gasteiger partial charge < -0.3 is 13.9 Å². The molecule has 8 aromatic carbocycles. The summed E-state index contributed by atoms with van der Waals surface area (Å²) in [5.41, 5.74) is 12.9. The van der Waals surface area contributed by atoms with Gasteiger partial charge in [-0.05, 0) is 95.9 Å². The van der Waals surface area contributed by atoms with Gasteiger partial charge in [0.25, 0.3) is 0 Å². The Morgan fingerprint density at radius 2 is 1.26 bits per heavy atom.